The molecule has 0 atom stereocenters. The normalized spacial score (nSPS) is 20.8. The van der Waals surface area contributed by atoms with E-state index in [9.17, 15) is 0 Å². The van der Waals surface area contributed by atoms with E-state index >= 15 is 0 Å². The van der Waals surface area contributed by atoms with Gasteiger partial charge in [0.15, 0.2) is 0 Å². The molecule has 1 aliphatic carbocycles. The summed E-state index contributed by atoms with van der Waals surface area (Å²) >= 11 is 1.77. The van der Waals surface area contributed by atoms with Crippen molar-refractivity contribution in [3.63, 3.8) is 0 Å². The number of hydrogen-bond acceptors (Lipinski definition) is 3. The fourth-order valence-corrected chi connectivity index (χ4v) is 3.24. The third-order valence-electron chi connectivity index (χ3n) is 3.31. The first-order chi connectivity index (χ1) is 8.31. The highest BCUT2D eigenvalue weighted by atomic mass is 32.1. The predicted octanol–water partition coefficient (Wildman–Crippen LogP) is 3.58. The summed E-state index contributed by atoms with van der Waals surface area (Å²) in [4.78, 5) is 4.64. The van der Waals surface area contributed by atoms with E-state index < -0.39 is 0 Å². The molecule has 0 aliphatic heterocycles. The Balaban J connectivity index is 1.86. The number of thiazole rings is 1. The van der Waals surface area contributed by atoms with Crippen molar-refractivity contribution >= 4 is 27.6 Å². The number of aromatic nitrogens is 1. The van der Waals surface area contributed by atoms with Crippen molar-refractivity contribution in [3.05, 3.63) is 34.8 Å². The number of hydrogen-bond donors (Lipinski definition) is 1. The molecule has 88 valence electrons. The lowest BCUT2D eigenvalue weighted by Gasteiger charge is -2.19. The smallest absolute Gasteiger partial charge is 0.117 e. The molecule has 1 saturated carbocycles. The second-order valence-electron chi connectivity index (χ2n) is 4.66. The molecule has 3 rings (SSSR count). The van der Waals surface area contributed by atoms with Gasteiger partial charge in [-0.2, -0.15) is 0 Å². The van der Waals surface area contributed by atoms with Crippen LogP contribution in [0, 0.1) is 0 Å². The summed E-state index contributed by atoms with van der Waals surface area (Å²) in [5, 5.41) is 1.14. The number of para-hydroxylation sites is 1. The Morgan fingerprint density at radius 3 is 2.76 bits per heavy atom. The maximum Gasteiger partial charge on any atom is 0.117 e. The maximum atomic E-state index is 5.91. The van der Waals surface area contributed by atoms with Gasteiger partial charge in [0.05, 0.1) is 10.2 Å². The molecule has 2 aromatic rings. The third-order valence-corrected chi connectivity index (χ3v) is 4.29. The first-order valence-corrected chi connectivity index (χ1v) is 6.93. The van der Waals surface area contributed by atoms with E-state index in [1.54, 1.807) is 11.3 Å². The van der Waals surface area contributed by atoms with Crippen molar-refractivity contribution in [2.24, 2.45) is 5.73 Å². The Morgan fingerprint density at radius 2 is 2.00 bits per heavy atom. The summed E-state index contributed by atoms with van der Waals surface area (Å²) in [6.07, 6.45) is 6.78. The van der Waals surface area contributed by atoms with Gasteiger partial charge >= 0.3 is 0 Å². The quantitative estimate of drug-likeness (QED) is 0.832. The Morgan fingerprint density at radius 1 is 1.24 bits per heavy atom. The average molecular weight is 244 g/mol. The van der Waals surface area contributed by atoms with Crippen LogP contribution in [0.4, 0.5) is 0 Å². The zero-order valence-corrected chi connectivity index (χ0v) is 10.5. The average Bonchev–Trinajstić information content (AvgIpc) is 2.74. The monoisotopic (exact) mass is 244 g/mol. The summed E-state index contributed by atoms with van der Waals surface area (Å²) in [5.41, 5.74) is 8.52. The van der Waals surface area contributed by atoms with Gasteiger partial charge in [-0.1, -0.05) is 17.7 Å². The number of fused-ring (bicyclic) bond motifs is 1. The number of nitrogens with zero attached hydrogens (tertiary/aromatic N) is 1. The zero-order chi connectivity index (χ0) is 11.7. The lowest BCUT2D eigenvalue weighted by atomic mass is 9.91. The summed E-state index contributed by atoms with van der Waals surface area (Å²) in [7, 11) is 0. The maximum absolute atomic E-state index is 5.91. The molecular weight excluding hydrogens is 228 g/mol. The van der Waals surface area contributed by atoms with Gasteiger partial charge in [-0.05, 0) is 43.9 Å². The van der Waals surface area contributed by atoms with Gasteiger partial charge in [0.1, 0.15) is 5.01 Å². The molecule has 1 heterocycles. The first kappa shape index (κ1) is 10.9. The molecule has 0 unspecified atom stereocenters. The van der Waals surface area contributed by atoms with Crippen LogP contribution in [-0.4, -0.2) is 11.0 Å². The first-order valence-electron chi connectivity index (χ1n) is 6.12. The number of nitrogens with two attached hydrogens (primary N) is 1. The molecule has 2 nitrogen and oxygen atoms in total. The van der Waals surface area contributed by atoms with Crippen LogP contribution in [-0.2, 0) is 0 Å². The van der Waals surface area contributed by atoms with Gasteiger partial charge in [-0.3, -0.25) is 0 Å². The minimum Gasteiger partial charge on any atom is -0.328 e. The molecule has 3 heteroatoms. The summed E-state index contributed by atoms with van der Waals surface area (Å²) < 4.78 is 1.27. The topological polar surface area (TPSA) is 38.9 Å². The fourth-order valence-electron chi connectivity index (χ4n) is 2.28. The molecule has 0 amide bonds. The van der Waals surface area contributed by atoms with E-state index in [0.29, 0.717) is 6.04 Å². The van der Waals surface area contributed by atoms with Gasteiger partial charge < -0.3 is 5.73 Å². The lowest BCUT2D eigenvalue weighted by Crippen LogP contribution is -2.23. The molecular formula is C14H16N2S. The highest BCUT2D eigenvalue weighted by molar-refractivity contribution is 7.19. The van der Waals surface area contributed by atoms with Crippen LogP contribution in [0.15, 0.2) is 29.8 Å². The molecule has 1 aromatic carbocycles. The second kappa shape index (κ2) is 4.59. The van der Waals surface area contributed by atoms with E-state index in [2.05, 4.69) is 29.3 Å². The van der Waals surface area contributed by atoms with Crippen molar-refractivity contribution in [1.29, 1.82) is 0 Å². The van der Waals surface area contributed by atoms with E-state index in [-0.39, 0.29) is 0 Å². The standard InChI is InChI=1S/C14H16N2S/c15-11-7-5-10(6-8-11)9-14-16-12-3-1-2-4-13(12)17-14/h1-4,9,11H,5-8,15H2. The van der Waals surface area contributed by atoms with Gasteiger partial charge in [-0.25, -0.2) is 4.98 Å². The van der Waals surface area contributed by atoms with Gasteiger partial charge in [0.2, 0.25) is 0 Å². The molecule has 0 radical (unpaired) electrons. The molecule has 0 saturated heterocycles. The Hall–Kier alpha value is -1.19. The van der Waals surface area contributed by atoms with Crippen LogP contribution in [0.25, 0.3) is 16.3 Å². The van der Waals surface area contributed by atoms with Crippen LogP contribution < -0.4 is 5.73 Å². The Bertz CT molecular complexity index is 513. The van der Waals surface area contributed by atoms with Crippen LogP contribution in [0.2, 0.25) is 0 Å². The van der Waals surface area contributed by atoms with Crippen molar-refractivity contribution < 1.29 is 0 Å². The van der Waals surface area contributed by atoms with Gasteiger partial charge in [0, 0.05) is 6.04 Å². The van der Waals surface area contributed by atoms with Crippen molar-refractivity contribution in [3.8, 4) is 0 Å². The largest absolute Gasteiger partial charge is 0.328 e. The Kier molecular flexibility index (Phi) is 2.95. The highest BCUT2D eigenvalue weighted by Crippen LogP contribution is 2.28. The van der Waals surface area contributed by atoms with Crippen molar-refractivity contribution in [1.82, 2.24) is 4.98 Å². The van der Waals surface area contributed by atoms with Crippen LogP contribution >= 0.6 is 11.3 Å². The van der Waals surface area contributed by atoms with E-state index in [1.807, 2.05) is 6.07 Å². The van der Waals surface area contributed by atoms with Gasteiger partial charge in [-0.15, -0.1) is 11.3 Å². The predicted molar refractivity (Wildman–Crippen MR) is 74.0 cm³/mol. The third kappa shape index (κ3) is 2.40. The summed E-state index contributed by atoms with van der Waals surface area (Å²) in [6.45, 7) is 0. The molecule has 1 aromatic heterocycles. The van der Waals surface area contributed by atoms with Crippen molar-refractivity contribution in [2.75, 3.05) is 0 Å². The SMILES string of the molecule is NC1CCC(=Cc2nc3ccccc3s2)CC1. The van der Waals surface area contributed by atoms with Crippen LogP contribution in [0.1, 0.15) is 30.7 Å². The zero-order valence-electron chi connectivity index (χ0n) is 9.73. The van der Waals surface area contributed by atoms with E-state index in [1.165, 1.54) is 10.3 Å². The number of allylic oxidation sites excluding steroid dienone is 1. The molecule has 17 heavy (non-hydrogen) atoms. The minimum atomic E-state index is 0.405. The van der Waals surface area contributed by atoms with Crippen molar-refractivity contribution in [2.45, 2.75) is 31.7 Å². The molecule has 1 aliphatic rings. The minimum absolute atomic E-state index is 0.405. The summed E-state index contributed by atoms with van der Waals surface area (Å²) in [6, 6.07) is 8.72. The number of benzene rings is 1. The second-order valence-corrected chi connectivity index (χ2v) is 5.72. The fraction of sp³-hybridized carbons (Fsp3) is 0.357. The molecule has 1 fully saturated rings. The van der Waals surface area contributed by atoms with Crippen LogP contribution in [0.5, 0.6) is 0 Å². The Labute approximate surface area is 105 Å². The summed E-state index contributed by atoms with van der Waals surface area (Å²) in [5.74, 6) is 0. The van der Waals surface area contributed by atoms with Gasteiger partial charge in [0.25, 0.3) is 0 Å². The van der Waals surface area contributed by atoms with E-state index in [4.69, 9.17) is 5.73 Å². The van der Waals surface area contributed by atoms with Crippen LogP contribution in [0.3, 0.4) is 0 Å². The molecule has 0 spiro atoms. The molecule has 0 bridgehead atoms. The van der Waals surface area contributed by atoms with E-state index in [0.717, 1.165) is 36.2 Å². The number of rotatable bonds is 1. The molecule has 2 N–H and O–H groups in total. The highest BCUT2D eigenvalue weighted by Gasteiger charge is 2.13. The lowest BCUT2D eigenvalue weighted by molar-refractivity contribution is 0.514.